The largest absolute Gasteiger partial charge is 0.400 e. The van der Waals surface area contributed by atoms with Crippen molar-refractivity contribution in [2.75, 3.05) is 14.2 Å². The van der Waals surface area contributed by atoms with Gasteiger partial charge in [-0.25, -0.2) is 0 Å². The quantitative estimate of drug-likeness (QED) is 0.153. The fraction of sp³-hybridized carbons (Fsp3) is 0.0946. The van der Waals surface area contributed by atoms with Crippen LogP contribution in [0.4, 0.5) is 0 Å². The zero-order valence-corrected chi connectivity index (χ0v) is 52.5. The van der Waals surface area contributed by atoms with Gasteiger partial charge in [-0.1, -0.05) is 144 Å². The second-order valence-electron chi connectivity index (χ2n) is 18.1. The van der Waals surface area contributed by atoms with Crippen LogP contribution in [-0.2, 0) is 40.2 Å². The van der Waals surface area contributed by atoms with Gasteiger partial charge in [-0.2, -0.15) is 0 Å². The Balaban J connectivity index is 0.000000220. The summed E-state index contributed by atoms with van der Waals surface area (Å²) < 4.78 is 0. The second kappa shape index (κ2) is 37.5. The summed E-state index contributed by atoms with van der Waals surface area (Å²) in [6.45, 7) is 10.1. The molecule has 7 nitrogen and oxygen atoms in total. The molecule has 2 radical (unpaired) electrons. The number of benzene rings is 7. The maximum Gasteiger partial charge on any atom is 0.0704 e. The predicted molar refractivity (Wildman–Crippen MR) is 335 cm³/mol. The van der Waals surface area contributed by atoms with E-state index in [9.17, 15) is 0 Å². The third-order valence-corrected chi connectivity index (χ3v) is 11.9. The van der Waals surface area contributed by atoms with E-state index in [1.54, 1.807) is 0 Å². The maximum absolute atomic E-state index is 7.00. The number of aryl methyl sites for hydroxylation is 5. The molecule has 0 unspecified atom stereocenters. The van der Waals surface area contributed by atoms with E-state index < -0.39 is 0 Å². The van der Waals surface area contributed by atoms with Gasteiger partial charge in [-0.15, -0.1) is 138 Å². The third-order valence-electron chi connectivity index (χ3n) is 11.9. The van der Waals surface area contributed by atoms with Crippen molar-refractivity contribution < 1.29 is 50.4 Å². The number of aromatic nitrogens is 5. The van der Waals surface area contributed by atoms with Crippen LogP contribution >= 0.6 is 0 Å². The standard InChI is InChI=1S/C18H15N.C18H14N.3C12H10N.2CH4O.2Ir/c2*1-14-11-12-19-18(13-14)17-9-7-16(8-10-17)15-5-3-2-4-6-15;3*1-10-6-5-9-12(13-10)11-7-3-2-4-8-11;2*1-2;;/h2-13H,1H3;2-9,11-13H,1H3;3*2-7,9H,1H3;2*2H,1H3;;/q;4*-1;;;;. The van der Waals surface area contributed by atoms with E-state index in [4.69, 9.17) is 10.2 Å². The van der Waals surface area contributed by atoms with Crippen molar-refractivity contribution in [2.24, 2.45) is 0 Å². The second-order valence-corrected chi connectivity index (χ2v) is 18.1. The summed E-state index contributed by atoms with van der Waals surface area (Å²) in [6.07, 6.45) is 3.69. The minimum atomic E-state index is 0. The van der Waals surface area contributed by atoms with Crippen LogP contribution in [0.3, 0.4) is 0 Å². The molecule has 0 amide bonds. The number of hydrogen-bond acceptors (Lipinski definition) is 7. The molecule has 0 aliphatic heterocycles. The normalized spacial score (nSPS) is 9.55. The first-order chi connectivity index (χ1) is 39.7. The number of rotatable bonds is 7. The van der Waals surface area contributed by atoms with Crippen LogP contribution in [0.15, 0.2) is 267 Å². The van der Waals surface area contributed by atoms with E-state index >= 15 is 0 Å². The molecular formula is C74H67Ir2N5O2-4. The number of nitrogens with zero attached hydrogens (tertiary/aromatic N) is 5. The first-order valence-corrected chi connectivity index (χ1v) is 26.4. The van der Waals surface area contributed by atoms with Gasteiger partial charge < -0.3 is 30.1 Å². The van der Waals surface area contributed by atoms with Gasteiger partial charge in [0.25, 0.3) is 0 Å². The Kier molecular flexibility index (Phi) is 30.3. The van der Waals surface area contributed by atoms with E-state index in [0.717, 1.165) is 87.6 Å². The molecule has 2 N–H and O–H groups in total. The van der Waals surface area contributed by atoms with E-state index in [2.05, 4.69) is 148 Å². The molecule has 5 aromatic heterocycles. The number of aliphatic hydroxyl groups is 2. The van der Waals surface area contributed by atoms with E-state index in [0.29, 0.717) is 0 Å². The average Bonchev–Trinajstić information content (AvgIpc) is 3.54. The first-order valence-electron chi connectivity index (χ1n) is 26.4. The van der Waals surface area contributed by atoms with Gasteiger partial charge in [-0.3, -0.25) is 4.98 Å². The Labute approximate surface area is 518 Å². The molecule has 5 heterocycles. The van der Waals surface area contributed by atoms with Gasteiger partial charge in [0.05, 0.1) is 5.69 Å². The molecule has 12 rings (SSSR count). The molecule has 9 heteroatoms. The van der Waals surface area contributed by atoms with Gasteiger partial charge in [0.1, 0.15) is 0 Å². The fourth-order valence-electron chi connectivity index (χ4n) is 7.97. The Bertz CT molecular complexity index is 3350. The zero-order chi connectivity index (χ0) is 57.4. The SMILES string of the molecule is CO.CO.Cc1cccc(-c2[c-]cccc2)n1.Cc1cccc(-c2[c-]cccc2)n1.Cc1cccc(-c2[c-]cccc2)n1.Cc1ccnc(-c2[c-]cc(-c3ccccc3)cc2)c1.Cc1ccnc(-c2ccc(-c3ccccc3)cc2)c1.[Ir].[Ir]. The molecule has 0 spiro atoms. The van der Waals surface area contributed by atoms with Gasteiger partial charge >= 0.3 is 0 Å². The van der Waals surface area contributed by atoms with Crippen LogP contribution < -0.4 is 0 Å². The minimum absolute atomic E-state index is 0. The molecule has 12 aromatic rings. The van der Waals surface area contributed by atoms with Crippen molar-refractivity contribution in [3.63, 3.8) is 0 Å². The molecule has 422 valence electrons. The summed E-state index contributed by atoms with van der Waals surface area (Å²) in [4.78, 5) is 22.0. The van der Waals surface area contributed by atoms with E-state index in [-0.39, 0.29) is 40.2 Å². The maximum atomic E-state index is 7.00. The van der Waals surface area contributed by atoms with Gasteiger partial charge in [0.2, 0.25) is 0 Å². The van der Waals surface area contributed by atoms with Gasteiger partial charge in [0.15, 0.2) is 0 Å². The van der Waals surface area contributed by atoms with Crippen molar-refractivity contribution in [2.45, 2.75) is 34.6 Å². The molecule has 0 bridgehead atoms. The zero-order valence-electron chi connectivity index (χ0n) is 47.7. The summed E-state index contributed by atoms with van der Waals surface area (Å²) >= 11 is 0. The number of aliphatic hydroxyl groups excluding tert-OH is 2. The molecule has 83 heavy (non-hydrogen) atoms. The predicted octanol–water partition coefficient (Wildman–Crippen LogP) is 17.0. The molecule has 0 saturated carbocycles. The number of pyridine rings is 5. The monoisotopic (exact) mass is 1440 g/mol. The van der Waals surface area contributed by atoms with Crippen molar-refractivity contribution in [3.05, 3.63) is 320 Å². The van der Waals surface area contributed by atoms with Crippen LogP contribution in [0.1, 0.15) is 28.2 Å². The Morgan fingerprint density at radius 2 is 0.614 bits per heavy atom. The molecule has 0 saturated heterocycles. The van der Waals surface area contributed by atoms with E-state index in [1.165, 1.54) is 33.4 Å². The van der Waals surface area contributed by atoms with Crippen LogP contribution in [0, 0.1) is 58.9 Å². The third kappa shape index (κ3) is 22.4. The fourth-order valence-corrected chi connectivity index (χ4v) is 7.97. The van der Waals surface area contributed by atoms with Crippen molar-refractivity contribution in [3.8, 4) is 78.5 Å². The van der Waals surface area contributed by atoms with Crippen LogP contribution in [0.5, 0.6) is 0 Å². The Morgan fingerprint density at radius 3 is 0.976 bits per heavy atom. The van der Waals surface area contributed by atoms with Crippen LogP contribution in [-0.4, -0.2) is 49.4 Å². The Morgan fingerprint density at radius 1 is 0.277 bits per heavy atom. The summed E-state index contributed by atoms with van der Waals surface area (Å²) in [7, 11) is 2.00. The summed E-state index contributed by atoms with van der Waals surface area (Å²) in [5, 5.41) is 14.0. The topological polar surface area (TPSA) is 105 Å². The van der Waals surface area contributed by atoms with E-state index in [1.807, 2.05) is 203 Å². The summed E-state index contributed by atoms with van der Waals surface area (Å²) in [6, 6.07) is 98.1. The summed E-state index contributed by atoms with van der Waals surface area (Å²) in [5.41, 5.74) is 20.7. The van der Waals surface area contributed by atoms with Crippen molar-refractivity contribution in [1.29, 1.82) is 0 Å². The van der Waals surface area contributed by atoms with Crippen molar-refractivity contribution >= 4 is 0 Å². The minimum Gasteiger partial charge on any atom is -0.400 e. The average molecular weight is 1440 g/mol. The first kappa shape index (κ1) is 67.0. The van der Waals surface area contributed by atoms with Crippen molar-refractivity contribution in [1.82, 2.24) is 24.9 Å². The summed E-state index contributed by atoms with van der Waals surface area (Å²) in [5.74, 6) is 0. The van der Waals surface area contributed by atoms with Crippen LogP contribution in [0.25, 0.3) is 78.5 Å². The molecular weight excluding hydrogens is 1380 g/mol. The van der Waals surface area contributed by atoms with Gasteiger partial charge in [0, 0.05) is 89.5 Å². The molecule has 7 aromatic carbocycles. The Hall–Kier alpha value is -8.49. The smallest absolute Gasteiger partial charge is 0.0704 e. The molecule has 0 atom stereocenters. The molecule has 0 aliphatic carbocycles. The van der Waals surface area contributed by atoms with Crippen LogP contribution in [0.2, 0.25) is 0 Å². The molecule has 0 aliphatic rings. The molecule has 0 fully saturated rings. The van der Waals surface area contributed by atoms with Gasteiger partial charge in [-0.05, 0) is 110 Å². The number of hydrogen-bond donors (Lipinski definition) is 2.